The molecule has 0 unspecified atom stereocenters. The van der Waals surface area contributed by atoms with Crippen LogP contribution in [-0.2, 0) is 30.4 Å². The Hall–Kier alpha value is -5.39. The number of phenolic OH excluding ortho intramolecular Hbond substituents is 1. The molecule has 0 radical (unpaired) electrons. The number of aromatic nitrogens is 3. The predicted molar refractivity (Wildman–Crippen MR) is 165 cm³/mol. The minimum absolute atomic E-state index is 0.0297. The van der Waals surface area contributed by atoms with Crippen LogP contribution in [0.3, 0.4) is 0 Å². The summed E-state index contributed by atoms with van der Waals surface area (Å²) in [6.07, 6.45) is -1.13. The second-order valence-corrected chi connectivity index (χ2v) is 13.6. The van der Waals surface area contributed by atoms with E-state index in [-0.39, 0.29) is 28.4 Å². The third-order valence-electron chi connectivity index (χ3n) is 6.28. The van der Waals surface area contributed by atoms with Crippen LogP contribution in [0, 0.1) is 6.08 Å². The number of hydrogen-bond acceptors (Lipinski definition) is 15. The molecule has 4 aromatic carbocycles. The number of aromatic hydroxyl groups is 1. The number of nitrogens with zero attached hydrogens (tertiary/aromatic N) is 5. The Bertz CT molecular complexity index is 2450. The number of fused-ring (bicyclic) bond motifs is 1. The molecule has 1 aromatic heterocycles. The lowest BCUT2D eigenvalue weighted by molar-refractivity contribution is 0.395. The molecule has 5 rings (SSSR count). The normalized spacial score (nSPS) is 12.4. The molecular weight excluding hydrogens is 702 g/mol. The van der Waals surface area contributed by atoms with E-state index in [0.29, 0.717) is 17.8 Å². The molecule has 1 heterocycles. The Labute approximate surface area is 270 Å². The van der Waals surface area contributed by atoms with Crippen LogP contribution in [0.4, 0.5) is 39.0 Å². The van der Waals surface area contributed by atoms with Crippen LogP contribution < -0.4 is 15.4 Å². The van der Waals surface area contributed by atoms with E-state index in [1.54, 1.807) is 30.3 Å². The van der Waals surface area contributed by atoms with Crippen molar-refractivity contribution in [2.45, 2.75) is 14.7 Å². The smallest absolute Gasteiger partial charge is 0.315 e. The van der Waals surface area contributed by atoms with Gasteiger partial charge in [0.15, 0.2) is 5.75 Å². The molecule has 0 aliphatic rings. The molecule has 48 heavy (non-hydrogen) atoms. The van der Waals surface area contributed by atoms with Crippen molar-refractivity contribution in [1.82, 2.24) is 15.0 Å². The van der Waals surface area contributed by atoms with Crippen molar-refractivity contribution in [3.8, 4) is 11.5 Å². The first-order chi connectivity index (χ1) is 22.4. The standard InChI is InChI=1S/C26H20FN7O11S3/c1-45-18-12-19(46(36,37)38)17(11-20(18)47(39,40)41)33-34-22-21(48(42,43)44)10-13-9-15(7-8-16(13)23(22)35)29-26-31-24(27)30-25(32-26)28-14-5-3-2-4-6-14/h2-12,35H,1H3,(H,36,37,38)(H,39,40,41)(H,42,43,44)(H2,28,29,30,31,32)/b34-33+. The van der Waals surface area contributed by atoms with Crippen LogP contribution in [0.2, 0.25) is 0 Å². The van der Waals surface area contributed by atoms with E-state index in [4.69, 9.17) is 4.74 Å². The van der Waals surface area contributed by atoms with Crippen LogP contribution in [0.5, 0.6) is 11.5 Å². The topological polar surface area (TPSA) is 280 Å². The Balaban J connectivity index is 1.58. The molecule has 0 spiro atoms. The molecule has 0 aliphatic carbocycles. The van der Waals surface area contributed by atoms with E-state index in [0.717, 1.165) is 13.2 Å². The fourth-order valence-corrected chi connectivity index (χ4v) is 6.18. The van der Waals surface area contributed by atoms with Gasteiger partial charge in [-0.3, -0.25) is 13.7 Å². The van der Waals surface area contributed by atoms with Crippen molar-refractivity contribution >= 4 is 75.8 Å². The van der Waals surface area contributed by atoms with Gasteiger partial charge in [0.1, 0.15) is 31.8 Å². The summed E-state index contributed by atoms with van der Waals surface area (Å²) in [7, 11) is -14.5. The fourth-order valence-electron chi connectivity index (χ4n) is 4.24. The number of phenols is 1. The van der Waals surface area contributed by atoms with Gasteiger partial charge in [0.25, 0.3) is 30.4 Å². The number of azo groups is 1. The molecule has 22 heteroatoms. The maximum Gasteiger partial charge on any atom is 0.315 e. The minimum Gasteiger partial charge on any atom is -0.505 e. The highest BCUT2D eigenvalue weighted by Gasteiger charge is 2.27. The number of methoxy groups -OCH3 is 1. The third kappa shape index (κ3) is 7.43. The maximum atomic E-state index is 14.2. The van der Waals surface area contributed by atoms with Gasteiger partial charge in [0, 0.05) is 22.8 Å². The van der Waals surface area contributed by atoms with E-state index in [1.807, 2.05) is 0 Å². The quantitative estimate of drug-likeness (QED) is 0.0853. The zero-order chi connectivity index (χ0) is 35.0. The zero-order valence-corrected chi connectivity index (χ0v) is 26.3. The summed E-state index contributed by atoms with van der Waals surface area (Å²) in [5.74, 6) is -2.00. The average Bonchev–Trinajstić information content (AvgIpc) is 2.99. The lowest BCUT2D eigenvalue weighted by Gasteiger charge is -2.12. The molecule has 0 amide bonds. The van der Waals surface area contributed by atoms with Gasteiger partial charge in [-0.15, -0.1) is 10.2 Å². The number of para-hydroxylation sites is 1. The van der Waals surface area contributed by atoms with Gasteiger partial charge < -0.3 is 20.5 Å². The molecular formula is C26H20FN7O11S3. The zero-order valence-electron chi connectivity index (χ0n) is 23.8. The highest BCUT2D eigenvalue weighted by atomic mass is 32.2. The maximum absolute atomic E-state index is 14.2. The first-order valence-electron chi connectivity index (χ1n) is 12.8. The Morgan fingerprint density at radius 1 is 0.708 bits per heavy atom. The van der Waals surface area contributed by atoms with E-state index in [9.17, 15) is 48.4 Å². The minimum atomic E-state index is -5.19. The summed E-state index contributed by atoms with van der Waals surface area (Å²) in [5, 5.41) is 23.4. The van der Waals surface area contributed by atoms with Gasteiger partial charge in [0.2, 0.25) is 11.9 Å². The van der Waals surface area contributed by atoms with E-state index >= 15 is 0 Å². The Morgan fingerprint density at radius 3 is 1.90 bits per heavy atom. The molecule has 6 N–H and O–H groups in total. The molecule has 0 saturated carbocycles. The molecule has 5 aromatic rings. The molecule has 0 atom stereocenters. The average molecular weight is 722 g/mol. The van der Waals surface area contributed by atoms with Crippen LogP contribution in [0.1, 0.15) is 0 Å². The van der Waals surface area contributed by atoms with Crippen LogP contribution >= 0.6 is 0 Å². The molecule has 250 valence electrons. The summed E-state index contributed by atoms with van der Waals surface area (Å²) in [6.45, 7) is 0. The fraction of sp³-hybridized carbons (Fsp3) is 0.0385. The number of ether oxygens (including phenoxy) is 1. The summed E-state index contributed by atoms with van der Waals surface area (Å²) >= 11 is 0. The highest BCUT2D eigenvalue weighted by Crippen LogP contribution is 2.43. The molecule has 18 nitrogen and oxygen atoms in total. The summed E-state index contributed by atoms with van der Waals surface area (Å²) < 4.78 is 120. The van der Waals surface area contributed by atoms with Crippen molar-refractivity contribution in [3.05, 3.63) is 72.8 Å². The van der Waals surface area contributed by atoms with Gasteiger partial charge in [-0.25, -0.2) is 0 Å². The van der Waals surface area contributed by atoms with Gasteiger partial charge >= 0.3 is 6.08 Å². The van der Waals surface area contributed by atoms with Gasteiger partial charge in [0.05, 0.1) is 7.11 Å². The number of hydrogen-bond donors (Lipinski definition) is 6. The van der Waals surface area contributed by atoms with E-state index < -0.39 is 74.0 Å². The van der Waals surface area contributed by atoms with Crippen molar-refractivity contribution in [2.75, 3.05) is 17.7 Å². The van der Waals surface area contributed by atoms with Crippen molar-refractivity contribution < 1.29 is 53.1 Å². The largest absolute Gasteiger partial charge is 0.505 e. The van der Waals surface area contributed by atoms with Crippen LogP contribution in [0.25, 0.3) is 10.8 Å². The lowest BCUT2D eigenvalue weighted by Crippen LogP contribution is -2.06. The Kier molecular flexibility index (Phi) is 8.96. The number of anilines is 4. The Morgan fingerprint density at radius 2 is 1.31 bits per heavy atom. The highest BCUT2D eigenvalue weighted by molar-refractivity contribution is 7.86. The third-order valence-corrected chi connectivity index (χ3v) is 8.91. The van der Waals surface area contributed by atoms with Crippen molar-refractivity contribution in [2.24, 2.45) is 10.2 Å². The van der Waals surface area contributed by atoms with Gasteiger partial charge in [-0.1, -0.05) is 18.2 Å². The number of rotatable bonds is 10. The lowest BCUT2D eigenvalue weighted by atomic mass is 10.1. The summed E-state index contributed by atoms with van der Waals surface area (Å²) in [5.41, 5.74) is -1.15. The molecule has 0 aliphatic heterocycles. The second kappa shape index (κ2) is 12.7. The predicted octanol–water partition coefficient (Wildman–Crippen LogP) is 4.52. The number of halogens is 1. The first kappa shape index (κ1) is 34.0. The summed E-state index contributed by atoms with van der Waals surface area (Å²) in [4.78, 5) is 8.14. The van der Waals surface area contributed by atoms with Gasteiger partial charge in [-0.05, 0) is 47.9 Å². The first-order valence-corrected chi connectivity index (χ1v) is 17.1. The molecule has 0 bridgehead atoms. The molecule has 0 fully saturated rings. The van der Waals surface area contributed by atoms with E-state index in [2.05, 4.69) is 35.8 Å². The monoisotopic (exact) mass is 721 g/mol. The van der Waals surface area contributed by atoms with E-state index in [1.165, 1.54) is 18.2 Å². The van der Waals surface area contributed by atoms with Gasteiger partial charge in [-0.2, -0.15) is 44.6 Å². The van der Waals surface area contributed by atoms with Crippen LogP contribution in [-0.4, -0.2) is 66.1 Å². The molecule has 0 saturated heterocycles. The van der Waals surface area contributed by atoms with Crippen LogP contribution in [0.15, 0.2) is 91.6 Å². The number of benzene rings is 4. The van der Waals surface area contributed by atoms with Crippen molar-refractivity contribution in [1.29, 1.82) is 0 Å². The number of nitrogens with one attached hydrogen (secondary N) is 2. The van der Waals surface area contributed by atoms with Crippen molar-refractivity contribution in [3.63, 3.8) is 0 Å². The summed E-state index contributed by atoms with van der Waals surface area (Å²) in [6, 6.07) is 14.3. The SMILES string of the molecule is COc1cc(S(=O)(=O)O)c(/N=N/c2c(S(=O)(=O)O)cc3cc(Nc4nc(F)nc(Nc5ccccc5)n4)ccc3c2O)cc1S(=O)(=O)O. The second-order valence-electron chi connectivity index (χ2n) is 9.47.